The van der Waals surface area contributed by atoms with E-state index in [-0.39, 0.29) is 11.9 Å². The number of rotatable bonds is 5. The van der Waals surface area contributed by atoms with E-state index < -0.39 is 0 Å². The van der Waals surface area contributed by atoms with Crippen LogP contribution in [0.3, 0.4) is 0 Å². The highest BCUT2D eigenvalue weighted by molar-refractivity contribution is 5.64. The van der Waals surface area contributed by atoms with Crippen LogP contribution in [0.2, 0.25) is 0 Å². The monoisotopic (exact) mass is 255 g/mol. The van der Waals surface area contributed by atoms with Crippen molar-refractivity contribution >= 4 is 5.57 Å². The highest BCUT2D eigenvalue weighted by Gasteiger charge is 2.06. The zero-order valence-corrected chi connectivity index (χ0v) is 11.1. The van der Waals surface area contributed by atoms with E-state index in [4.69, 9.17) is 0 Å². The van der Waals surface area contributed by atoms with E-state index >= 15 is 0 Å². The lowest BCUT2D eigenvalue weighted by molar-refractivity contribution is 0.597. The van der Waals surface area contributed by atoms with Gasteiger partial charge in [-0.25, -0.2) is 4.39 Å². The van der Waals surface area contributed by atoms with Crippen LogP contribution in [0, 0.1) is 5.82 Å². The molecule has 1 unspecified atom stereocenters. The van der Waals surface area contributed by atoms with Crippen molar-refractivity contribution in [3.63, 3.8) is 0 Å². The SMILES string of the molecule is C=C(CNC(C)c1cccc(F)c1)c1ccccc1. The van der Waals surface area contributed by atoms with Crippen LogP contribution in [0.4, 0.5) is 4.39 Å². The van der Waals surface area contributed by atoms with Crippen molar-refractivity contribution in [1.29, 1.82) is 0 Å². The summed E-state index contributed by atoms with van der Waals surface area (Å²) in [5, 5.41) is 3.36. The summed E-state index contributed by atoms with van der Waals surface area (Å²) in [6, 6.07) is 16.8. The van der Waals surface area contributed by atoms with Crippen molar-refractivity contribution in [3.05, 3.63) is 78.1 Å². The van der Waals surface area contributed by atoms with Crippen molar-refractivity contribution in [2.45, 2.75) is 13.0 Å². The van der Waals surface area contributed by atoms with Crippen LogP contribution in [-0.4, -0.2) is 6.54 Å². The molecule has 0 spiro atoms. The van der Waals surface area contributed by atoms with Crippen LogP contribution < -0.4 is 5.32 Å². The summed E-state index contributed by atoms with van der Waals surface area (Å²) in [5.41, 5.74) is 3.10. The summed E-state index contributed by atoms with van der Waals surface area (Å²) in [7, 11) is 0. The van der Waals surface area contributed by atoms with E-state index in [9.17, 15) is 4.39 Å². The summed E-state index contributed by atoms with van der Waals surface area (Å²) in [6.45, 7) is 6.77. The van der Waals surface area contributed by atoms with Gasteiger partial charge < -0.3 is 5.32 Å². The topological polar surface area (TPSA) is 12.0 Å². The Morgan fingerprint density at radius 2 is 1.89 bits per heavy atom. The minimum Gasteiger partial charge on any atom is -0.306 e. The van der Waals surface area contributed by atoms with Crippen LogP contribution in [0.25, 0.3) is 5.57 Å². The molecule has 0 aromatic heterocycles. The van der Waals surface area contributed by atoms with Crippen LogP contribution >= 0.6 is 0 Å². The maximum Gasteiger partial charge on any atom is 0.123 e. The molecule has 0 saturated heterocycles. The van der Waals surface area contributed by atoms with Gasteiger partial charge in [-0.2, -0.15) is 0 Å². The Morgan fingerprint density at radius 3 is 2.58 bits per heavy atom. The third-order valence-electron chi connectivity index (χ3n) is 3.15. The Kier molecular flexibility index (Phi) is 4.48. The van der Waals surface area contributed by atoms with Crippen LogP contribution in [0.15, 0.2) is 61.2 Å². The second kappa shape index (κ2) is 6.30. The lowest BCUT2D eigenvalue weighted by Gasteiger charge is -2.15. The molecule has 1 N–H and O–H groups in total. The Hall–Kier alpha value is -1.93. The molecule has 0 saturated carbocycles. The van der Waals surface area contributed by atoms with E-state index in [1.807, 2.05) is 43.3 Å². The molecule has 1 atom stereocenters. The third kappa shape index (κ3) is 3.76. The van der Waals surface area contributed by atoms with E-state index in [0.29, 0.717) is 6.54 Å². The van der Waals surface area contributed by atoms with E-state index in [0.717, 1.165) is 16.7 Å². The molecular formula is C17H18FN. The molecule has 2 rings (SSSR count). The molecule has 0 fully saturated rings. The lowest BCUT2D eigenvalue weighted by atomic mass is 10.1. The number of hydrogen-bond acceptors (Lipinski definition) is 1. The standard InChI is InChI=1S/C17H18FN/c1-13(15-7-4-3-5-8-15)12-19-14(2)16-9-6-10-17(18)11-16/h3-11,14,19H,1,12H2,2H3. The quantitative estimate of drug-likeness (QED) is 0.844. The smallest absolute Gasteiger partial charge is 0.123 e. The molecule has 0 aliphatic rings. The molecular weight excluding hydrogens is 237 g/mol. The summed E-state index contributed by atoms with van der Waals surface area (Å²) >= 11 is 0. The summed E-state index contributed by atoms with van der Waals surface area (Å²) in [6.07, 6.45) is 0. The molecule has 19 heavy (non-hydrogen) atoms. The van der Waals surface area contributed by atoms with Gasteiger partial charge in [-0.05, 0) is 35.8 Å². The summed E-state index contributed by atoms with van der Waals surface area (Å²) < 4.78 is 13.1. The number of nitrogens with one attached hydrogen (secondary N) is 1. The van der Waals surface area contributed by atoms with Gasteiger partial charge in [0, 0.05) is 12.6 Å². The molecule has 0 aliphatic carbocycles. The second-order valence-corrected chi connectivity index (χ2v) is 4.63. The van der Waals surface area contributed by atoms with E-state index in [1.165, 1.54) is 6.07 Å². The van der Waals surface area contributed by atoms with Gasteiger partial charge in [-0.1, -0.05) is 49.0 Å². The fourth-order valence-electron chi connectivity index (χ4n) is 1.95. The number of halogens is 1. The van der Waals surface area contributed by atoms with E-state index in [2.05, 4.69) is 11.9 Å². The maximum absolute atomic E-state index is 13.1. The van der Waals surface area contributed by atoms with Gasteiger partial charge in [0.2, 0.25) is 0 Å². The van der Waals surface area contributed by atoms with Gasteiger partial charge in [-0.15, -0.1) is 0 Å². The summed E-state index contributed by atoms with van der Waals surface area (Å²) in [5.74, 6) is -0.201. The third-order valence-corrected chi connectivity index (χ3v) is 3.15. The Labute approximate surface area is 113 Å². The first-order chi connectivity index (χ1) is 9.16. The Morgan fingerprint density at radius 1 is 1.16 bits per heavy atom. The lowest BCUT2D eigenvalue weighted by Crippen LogP contribution is -2.20. The summed E-state index contributed by atoms with van der Waals surface area (Å²) in [4.78, 5) is 0. The maximum atomic E-state index is 13.1. The molecule has 0 radical (unpaired) electrons. The molecule has 1 nitrogen and oxygen atoms in total. The van der Waals surface area contributed by atoms with Crippen LogP contribution in [-0.2, 0) is 0 Å². The van der Waals surface area contributed by atoms with Crippen molar-refractivity contribution < 1.29 is 4.39 Å². The minimum absolute atomic E-state index is 0.0937. The zero-order chi connectivity index (χ0) is 13.7. The van der Waals surface area contributed by atoms with Gasteiger partial charge in [0.1, 0.15) is 5.82 Å². The second-order valence-electron chi connectivity index (χ2n) is 4.63. The van der Waals surface area contributed by atoms with E-state index in [1.54, 1.807) is 12.1 Å². The average molecular weight is 255 g/mol. The number of hydrogen-bond donors (Lipinski definition) is 1. The highest BCUT2D eigenvalue weighted by atomic mass is 19.1. The highest BCUT2D eigenvalue weighted by Crippen LogP contribution is 2.16. The molecule has 0 bridgehead atoms. The average Bonchev–Trinajstić information content (AvgIpc) is 2.45. The molecule has 2 aromatic rings. The van der Waals surface area contributed by atoms with Crippen molar-refractivity contribution in [3.8, 4) is 0 Å². The Bertz CT molecular complexity index is 548. The molecule has 0 heterocycles. The normalized spacial score (nSPS) is 12.1. The molecule has 2 heteroatoms. The van der Waals surface area contributed by atoms with Crippen LogP contribution in [0.1, 0.15) is 24.1 Å². The molecule has 0 amide bonds. The Balaban J connectivity index is 1.94. The first kappa shape index (κ1) is 13.5. The van der Waals surface area contributed by atoms with Gasteiger partial charge in [0.25, 0.3) is 0 Å². The van der Waals surface area contributed by atoms with Gasteiger partial charge in [0.15, 0.2) is 0 Å². The molecule has 2 aromatic carbocycles. The fourth-order valence-corrected chi connectivity index (χ4v) is 1.95. The first-order valence-electron chi connectivity index (χ1n) is 6.39. The van der Waals surface area contributed by atoms with Crippen LogP contribution in [0.5, 0.6) is 0 Å². The van der Waals surface area contributed by atoms with Gasteiger partial charge in [-0.3, -0.25) is 0 Å². The molecule has 98 valence electrons. The van der Waals surface area contributed by atoms with Gasteiger partial charge >= 0.3 is 0 Å². The van der Waals surface area contributed by atoms with Crippen molar-refractivity contribution in [2.24, 2.45) is 0 Å². The van der Waals surface area contributed by atoms with Gasteiger partial charge in [0.05, 0.1) is 0 Å². The fraction of sp³-hybridized carbons (Fsp3) is 0.176. The minimum atomic E-state index is -0.201. The zero-order valence-electron chi connectivity index (χ0n) is 11.1. The van der Waals surface area contributed by atoms with Crippen molar-refractivity contribution in [2.75, 3.05) is 6.54 Å². The predicted molar refractivity (Wildman–Crippen MR) is 78.3 cm³/mol. The predicted octanol–water partition coefficient (Wildman–Crippen LogP) is 4.19. The van der Waals surface area contributed by atoms with Crippen molar-refractivity contribution in [1.82, 2.24) is 5.32 Å². The number of benzene rings is 2. The molecule has 0 aliphatic heterocycles. The first-order valence-corrected chi connectivity index (χ1v) is 6.39. The largest absolute Gasteiger partial charge is 0.306 e.